The largest absolute Gasteiger partial charge is 0.464 e. The number of rotatable bonds is 15. The molecule has 2 rings (SSSR count). The Morgan fingerprint density at radius 3 is 2.49 bits per heavy atom. The van der Waals surface area contributed by atoms with E-state index in [1.54, 1.807) is 6.92 Å². The molecule has 1 aromatic rings. The summed E-state index contributed by atoms with van der Waals surface area (Å²) in [6.45, 7) is 5.95. The maximum Gasteiger partial charge on any atom is 0.328 e. The molecular formula is C25H38Cl2N4O4. The fourth-order valence-corrected chi connectivity index (χ4v) is 4.54. The molecule has 0 unspecified atom stereocenters. The second-order valence-electron chi connectivity index (χ2n) is 8.55. The molecule has 1 saturated heterocycles. The van der Waals surface area contributed by atoms with Gasteiger partial charge in [0.2, 0.25) is 11.8 Å². The third-order valence-corrected chi connectivity index (χ3v) is 6.24. The summed E-state index contributed by atoms with van der Waals surface area (Å²) in [6.07, 6.45) is 3.07. The van der Waals surface area contributed by atoms with E-state index in [2.05, 4.69) is 20.9 Å². The Balaban J connectivity index is 2.23. The highest BCUT2D eigenvalue weighted by molar-refractivity contribution is 6.18. The second kappa shape index (κ2) is 15.9. The van der Waals surface area contributed by atoms with Crippen LogP contribution in [0.25, 0.3) is 0 Å². The van der Waals surface area contributed by atoms with Crippen molar-refractivity contribution >= 4 is 46.7 Å². The van der Waals surface area contributed by atoms with E-state index < -0.39 is 24.0 Å². The lowest BCUT2D eigenvalue weighted by Crippen LogP contribution is -2.55. The number of nitrogens with zero attached hydrogens (tertiary/aromatic N) is 1. The minimum Gasteiger partial charge on any atom is -0.464 e. The van der Waals surface area contributed by atoms with E-state index in [-0.39, 0.29) is 25.0 Å². The molecule has 35 heavy (non-hydrogen) atoms. The van der Waals surface area contributed by atoms with Crippen LogP contribution in [0.3, 0.4) is 0 Å². The molecule has 0 aromatic heterocycles. The van der Waals surface area contributed by atoms with Crippen molar-refractivity contribution in [3.63, 3.8) is 0 Å². The second-order valence-corrected chi connectivity index (χ2v) is 9.31. The van der Waals surface area contributed by atoms with Crippen molar-refractivity contribution in [2.45, 2.75) is 64.1 Å². The van der Waals surface area contributed by atoms with Crippen LogP contribution in [0.1, 0.15) is 45.1 Å². The van der Waals surface area contributed by atoms with Gasteiger partial charge < -0.3 is 25.6 Å². The normalized spacial score (nSPS) is 16.9. The average Bonchev–Trinajstić information content (AvgIpc) is 3.39. The zero-order valence-electron chi connectivity index (χ0n) is 20.7. The Morgan fingerprint density at radius 1 is 1.14 bits per heavy atom. The van der Waals surface area contributed by atoms with Crippen LogP contribution in [0.5, 0.6) is 0 Å². The Bertz CT molecular complexity index is 814. The van der Waals surface area contributed by atoms with E-state index in [0.29, 0.717) is 37.7 Å². The number of hydrogen-bond donors (Lipinski definition) is 3. The maximum atomic E-state index is 13.3. The van der Waals surface area contributed by atoms with E-state index in [4.69, 9.17) is 27.9 Å². The summed E-state index contributed by atoms with van der Waals surface area (Å²) in [5.74, 6) is -0.170. The predicted molar refractivity (Wildman–Crippen MR) is 140 cm³/mol. The van der Waals surface area contributed by atoms with E-state index in [1.807, 2.05) is 31.2 Å². The van der Waals surface area contributed by atoms with Gasteiger partial charge in [-0.2, -0.15) is 0 Å². The van der Waals surface area contributed by atoms with Gasteiger partial charge >= 0.3 is 5.97 Å². The topological polar surface area (TPSA) is 99.8 Å². The Labute approximate surface area is 218 Å². The molecule has 1 aromatic carbocycles. The molecule has 0 spiro atoms. The quantitative estimate of drug-likeness (QED) is 0.239. The van der Waals surface area contributed by atoms with Crippen LogP contribution in [0.2, 0.25) is 0 Å². The number of halogens is 2. The Kier molecular flexibility index (Phi) is 13.2. The molecule has 3 N–H and O–H groups in total. The van der Waals surface area contributed by atoms with Crippen LogP contribution in [-0.2, 0) is 25.5 Å². The van der Waals surface area contributed by atoms with Gasteiger partial charge in [0.15, 0.2) is 0 Å². The highest BCUT2D eigenvalue weighted by Gasteiger charge is 2.30. The summed E-state index contributed by atoms with van der Waals surface area (Å²) in [7, 11) is 0. The first-order valence-corrected chi connectivity index (χ1v) is 13.5. The number of carbonyl (C=O) groups excluding carboxylic acids is 3. The smallest absolute Gasteiger partial charge is 0.328 e. The van der Waals surface area contributed by atoms with Crippen molar-refractivity contribution in [3.8, 4) is 0 Å². The zero-order valence-corrected chi connectivity index (χ0v) is 22.2. The van der Waals surface area contributed by atoms with Crippen LogP contribution in [-0.4, -0.2) is 73.9 Å². The first kappa shape index (κ1) is 29.2. The minimum atomic E-state index is -0.844. The lowest BCUT2D eigenvalue weighted by atomic mass is 10.0. The maximum absolute atomic E-state index is 13.3. The Morgan fingerprint density at radius 2 is 1.89 bits per heavy atom. The van der Waals surface area contributed by atoms with Crippen molar-refractivity contribution < 1.29 is 19.1 Å². The molecule has 0 aliphatic carbocycles. The van der Waals surface area contributed by atoms with Crippen LogP contribution in [0, 0.1) is 0 Å². The van der Waals surface area contributed by atoms with Crippen molar-refractivity contribution in [3.05, 3.63) is 29.8 Å². The van der Waals surface area contributed by atoms with Gasteiger partial charge in [-0.1, -0.05) is 25.5 Å². The van der Waals surface area contributed by atoms with Gasteiger partial charge in [-0.05, 0) is 50.4 Å². The average molecular weight is 530 g/mol. The van der Waals surface area contributed by atoms with Gasteiger partial charge in [0, 0.05) is 37.0 Å². The third kappa shape index (κ3) is 9.50. The van der Waals surface area contributed by atoms with Crippen LogP contribution in [0.4, 0.5) is 5.69 Å². The molecule has 1 fully saturated rings. The molecule has 0 radical (unpaired) electrons. The predicted octanol–water partition coefficient (Wildman–Crippen LogP) is 2.60. The van der Waals surface area contributed by atoms with Crippen LogP contribution in [0.15, 0.2) is 24.3 Å². The summed E-state index contributed by atoms with van der Waals surface area (Å²) in [5.41, 5.74) is 1.82. The number of esters is 1. The zero-order chi connectivity index (χ0) is 25.6. The van der Waals surface area contributed by atoms with Crippen LogP contribution < -0.4 is 20.9 Å². The Hall–Kier alpha value is -2.03. The molecule has 3 atom stereocenters. The van der Waals surface area contributed by atoms with E-state index in [1.165, 1.54) is 0 Å². The minimum absolute atomic E-state index is 0.215. The molecule has 0 saturated carbocycles. The fourth-order valence-electron chi connectivity index (χ4n) is 4.13. The number of benzene rings is 1. The van der Waals surface area contributed by atoms with Gasteiger partial charge in [-0.15, -0.1) is 23.2 Å². The summed E-state index contributed by atoms with van der Waals surface area (Å²) in [6, 6.07) is 5.85. The van der Waals surface area contributed by atoms with Crippen molar-refractivity contribution in [2.24, 2.45) is 0 Å². The van der Waals surface area contributed by atoms with Crippen molar-refractivity contribution in [1.29, 1.82) is 0 Å². The van der Waals surface area contributed by atoms with Crippen molar-refractivity contribution in [1.82, 2.24) is 16.0 Å². The summed E-state index contributed by atoms with van der Waals surface area (Å²) < 4.78 is 5.13. The number of carbonyl (C=O) groups is 3. The lowest BCUT2D eigenvalue weighted by molar-refractivity contribution is -0.147. The standard InChI is InChI=1S/C25H38Cl2N4O4/c1-3-7-21(25(34)35-4-2)29-24(33)22(30-23(32)20-10-6-13-28-20)17-18-8-5-9-19(16-18)31(14-11-26)15-12-27/h5,8-9,16,20-22,28H,3-4,6-7,10-15,17H2,1-2H3,(H,29,33)(H,30,32)/t20-,21-,22-/m0/s1. The van der Waals surface area contributed by atoms with Gasteiger partial charge in [0.25, 0.3) is 0 Å². The van der Waals surface area contributed by atoms with Gasteiger partial charge in [-0.25, -0.2) is 4.79 Å². The van der Waals surface area contributed by atoms with E-state index in [0.717, 1.165) is 30.6 Å². The highest BCUT2D eigenvalue weighted by Crippen LogP contribution is 2.18. The monoisotopic (exact) mass is 528 g/mol. The number of amides is 2. The summed E-state index contributed by atoms with van der Waals surface area (Å²) >= 11 is 11.9. The van der Waals surface area contributed by atoms with E-state index in [9.17, 15) is 14.4 Å². The lowest BCUT2D eigenvalue weighted by Gasteiger charge is -2.25. The summed E-state index contributed by atoms with van der Waals surface area (Å²) in [5, 5.41) is 8.87. The first-order chi connectivity index (χ1) is 16.9. The molecule has 2 amide bonds. The first-order valence-electron chi connectivity index (χ1n) is 12.4. The number of ether oxygens (including phenoxy) is 1. The molecule has 0 bridgehead atoms. The molecule has 196 valence electrons. The van der Waals surface area contributed by atoms with Crippen LogP contribution >= 0.6 is 23.2 Å². The number of alkyl halides is 2. The molecule has 1 aliphatic rings. The van der Waals surface area contributed by atoms with Gasteiger partial charge in [0.1, 0.15) is 12.1 Å². The van der Waals surface area contributed by atoms with Gasteiger partial charge in [0.05, 0.1) is 12.6 Å². The summed E-state index contributed by atoms with van der Waals surface area (Å²) in [4.78, 5) is 40.6. The fraction of sp³-hybridized carbons (Fsp3) is 0.640. The molecule has 8 nitrogen and oxygen atoms in total. The highest BCUT2D eigenvalue weighted by atomic mass is 35.5. The number of nitrogens with one attached hydrogen (secondary N) is 3. The molecule has 1 heterocycles. The third-order valence-electron chi connectivity index (χ3n) is 5.90. The van der Waals surface area contributed by atoms with Crippen molar-refractivity contribution in [2.75, 3.05) is 42.9 Å². The van der Waals surface area contributed by atoms with E-state index >= 15 is 0 Å². The molecule has 1 aliphatic heterocycles. The van der Waals surface area contributed by atoms with Gasteiger partial charge in [-0.3, -0.25) is 9.59 Å². The molecular weight excluding hydrogens is 491 g/mol. The SMILES string of the molecule is CCC[C@H](NC(=O)[C@H](Cc1cccc(N(CCCl)CCCl)c1)NC(=O)[C@@H]1CCCN1)C(=O)OCC. The molecule has 10 heteroatoms. The number of anilines is 1. The number of hydrogen-bond acceptors (Lipinski definition) is 6.